The van der Waals surface area contributed by atoms with Crippen LogP contribution in [-0.2, 0) is 4.84 Å². The Morgan fingerprint density at radius 3 is 2.79 bits per heavy atom. The van der Waals surface area contributed by atoms with E-state index < -0.39 is 5.82 Å². The summed E-state index contributed by atoms with van der Waals surface area (Å²) in [6, 6.07) is 8.91. The third kappa shape index (κ3) is 4.16. The van der Waals surface area contributed by atoms with Gasteiger partial charge in [-0.2, -0.15) is 5.10 Å². The van der Waals surface area contributed by atoms with Gasteiger partial charge in [0.2, 0.25) is 0 Å². The number of hydrogen-bond donors (Lipinski definition) is 1. The molecule has 0 fully saturated rings. The van der Waals surface area contributed by atoms with Gasteiger partial charge < -0.3 is 0 Å². The summed E-state index contributed by atoms with van der Waals surface area (Å²) in [4.78, 5) is 13.2. The molecule has 0 radical (unpaired) electrons. The Labute approximate surface area is 181 Å². The topological polar surface area (TPSA) is 59.4 Å². The van der Waals surface area contributed by atoms with Crippen molar-refractivity contribution < 1.29 is 9.23 Å². The molecule has 1 aromatic carbocycles. The van der Waals surface area contributed by atoms with E-state index in [9.17, 15) is 4.39 Å². The molecule has 1 aliphatic heterocycles. The molecule has 0 saturated carbocycles. The maximum atomic E-state index is 14.5. The van der Waals surface area contributed by atoms with Gasteiger partial charge in [-0.3, -0.25) is 9.83 Å². The number of aryl methyl sites for hydroxylation is 2. The lowest BCUT2D eigenvalue weighted by atomic mass is 10.1. The summed E-state index contributed by atoms with van der Waals surface area (Å²) >= 11 is 8.80. The Morgan fingerprint density at radius 2 is 2.03 bits per heavy atom. The summed E-state index contributed by atoms with van der Waals surface area (Å²) in [6.45, 7) is 6.33. The molecule has 150 valence electrons. The number of halogens is 2. The van der Waals surface area contributed by atoms with Crippen LogP contribution in [0.5, 0.6) is 0 Å². The molecule has 0 bridgehead atoms. The van der Waals surface area contributed by atoms with E-state index in [0.29, 0.717) is 22.4 Å². The van der Waals surface area contributed by atoms with E-state index in [1.54, 1.807) is 23.5 Å². The summed E-state index contributed by atoms with van der Waals surface area (Å²) in [6.07, 6.45) is 0. The maximum Gasteiger partial charge on any atom is 0.156 e. The molecule has 4 rings (SSSR count). The molecule has 0 aliphatic carbocycles. The second-order valence-corrected chi connectivity index (χ2v) is 9.36. The van der Waals surface area contributed by atoms with Crippen molar-refractivity contribution in [1.82, 2.24) is 15.7 Å². The van der Waals surface area contributed by atoms with E-state index in [1.807, 2.05) is 13.8 Å². The smallest absolute Gasteiger partial charge is 0.156 e. The second-order valence-electron chi connectivity index (χ2n) is 6.60. The van der Waals surface area contributed by atoms with Gasteiger partial charge in [-0.25, -0.2) is 9.87 Å². The minimum Gasteiger partial charge on any atom is -0.272 e. The molecule has 0 amide bonds. The molecule has 5 nitrogen and oxygen atoms in total. The quantitative estimate of drug-likeness (QED) is 0.576. The zero-order valence-corrected chi connectivity index (χ0v) is 18.4. The Hall–Kier alpha value is -2.00. The number of aliphatic imine (C=N–C) groups is 1. The number of nitrogens with one attached hydrogen (secondary N) is 1. The van der Waals surface area contributed by atoms with Crippen molar-refractivity contribution >= 4 is 40.5 Å². The fraction of sp³-hybridized carbons (Fsp3) is 0.250. The average Bonchev–Trinajstić information content (AvgIpc) is 3.15. The molecule has 3 aromatic rings. The van der Waals surface area contributed by atoms with Crippen LogP contribution in [0.3, 0.4) is 0 Å². The standard InChI is InChI=1S/C20H18ClFN4OS2/c1-10-7-8-15(28-10)14-9-27-26-19(23-14)17-11(2)12(3)24-25-20(17)29-16-6-4-5-13(21)18(16)22/h4-8,14H,9H2,1-3H3,(H,23,26)/t14-/m0/s1. The lowest BCUT2D eigenvalue weighted by Crippen LogP contribution is -2.33. The van der Waals surface area contributed by atoms with Crippen LogP contribution < -0.4 is 5.48 Å². The fourth-order valence-electron chi connectivity index (χ4n) is 2.91. The summed E-state index contributed by atoms with van der Waals surface area (Å²) in [5, 5.41) is 9.13. The van der Waals surface area contributed by atoms with Crippen molar-refractivity contribution in [3.05, 3.63) is 67.7 Å². The summed E-state index contributed by atoms with van der Waals surface area (Å²) < 4.78 is 14.5. The van der Waals surface area contributed by atoms with Crippen LogP contribution in [-0.4, -0.2) is 22.6 Å². The summed E-state index contributed by atoms with van der Waals surface area (Å²) in [7, 11) is 0. The number of nitrogens with zero attached hydrogens (tertiary/aromatic N) is 3. The fourth-order valence-corrected chi connectivity index (χ4v) is 5.03. The monoisotopic (exact) mass is 448 g/mol. The number of rotatable bonds is 4. The Morgan fingerprint density at radius 1 is 1.21 bits per heavy atom. The van der Waals surface area contributed by atoms with Crippen molar-refractivity contribution in [2.75, 3.05) is 6.61 Å². The van der Waals surface area contributed by atoms with Crippen molar-refractivity contribution in [2.24, 2.45) is 4.99 Å². The molecule has 1 N–H and O–H groups in total. The number of hydroxylamine groups is 1. The predicted molar refractivity (Wildman–Crippen MR) is 114 cm³/mol. The van der Waals surface area contributed by atoms with Gasteiger partial charge in [0.25, 0.3) is 0 Å². The van der Waals surface area contributed by atoms with Crippen LogP contribution in [0, 0.1) is 26.6 Å². The molecular formula is C20H18ClFN4OS2. The average molecular weight is 449 g/mol. The van der Waals surface area contributed by atoms with Gasteiger partial charge in [0.1, 0.15) is 17.7 Å². The van der Waals surface area contributed by atoms with E-state index in [-0.39, 0.29) is 11.1 Å². The molecule has 3 heterocycles. The van der Waals surface area contributed by atoms with Crippen LogP contribution >= 0.6 is 34.7 Å². The largest absolute Gasteiger partial charge is 0.272 e. The SMILES string of the molecule is Cc1ccc([C@@H]2CONC(c3c(Sc4cccc(Cl)c4F)nnc(C)c3C)=N2)s1. The first kappa shape index (κ1) is 20.3. The Balaban J connectivity index is 1.77. The van der Waals surface area contributed by atoms with Gasteiger partial charge in [-0.15, -0.1) is 16.4 Å². The van der Waals surface area contributed by atoms with Gasteiger partial charge in [0.05, 0.1) is 21.2 Å². The van der Waals surface area contributed by atoms with Crippen molar-refractivity contribution in [1.29, 1.82) is 0 Å². The molecule has 2 aromatic heterocycles. The highest BCUT2D eigenvalue weighted by atomic mass is 35.5. The molecule has 0 spiro atoms. The van der Waals surface area contributed by atoms with E-state index in [0.717, 1.165) is 21.7 Å². The molecule has 0 saturated heterocycles. The Kier molecular flexibility index (Phi) is 5.87. The van der Waals surface area contributed by atoms with E-state index >= 15 is 0 Å². The first-order valence-corrected chi connectivity index (χ1v) is 10.9. The van der Waals surface area contributed by atoms with Gasteiger partial charge in [-0.1, -0.05) is 29.4 Å². The third-order valence-corrected chi connectivity index (χ3v) is 6.97. The number of hydrogen-bond acceptors (Lipinski definition) is 7. The minimum absolute atomic E-state index is 0.0675. The van der Waals surface area contributed by atoms with Crippen LogP contribution in [0.2, 0.25) is 5.02 Å². The Bertz CT molecular complexity index is 1100. The van der Waals surface area contributed by atoms with E-state index in [2.05, 4.69) is 34.7 Å². The van der Waals surface area contributed by atoms with Crippen LogP contribution in [0.25, 0.3) is 0 Å². The molecule has 29 heavy (non-hydrogen) atoms. The minimum atomic E-state index is -0.480. The first-order chi connectivity index (χ1) is 13.9. The number of benzene rings is 1. The van der Waals surface area contributed by atoms with Crippen molar-refractivity contribution in [2.45, 2.75) is 36.7 Å². The number of aromatic nitrogens is 2. The molecule has 1 atom stereocenters. The maximum absolute atomic E-state index is 14.5. The van der Waals surface area contributed by atoms with Crippen molar-refractivity contribution in [3.8, 4) is 0 Å². The zero-order valence-electron chi connectivity index (χ0n) is 16.0. The number of amidine groups is 1. The van der Waals surface area contributed by atoms with Crippen LogP contribution in [0.1, 0.15) is 32.6 Å². The molecular weight excluding hydrogens is 431 g/mol. The lowest BCUT2D eigenvalue weighted by Gasteiger charge is -2.23. The van der Waals surface area contributed by atoms with Gasteiger partial charge in [-0.05, 0) is 50.6 Å². The molecule has 0 unspecified atom stereocenters. The van der Waals surface area contributed by atoms with E-state index in [1.165, 1.54) is 22.7 Å². The first-order valence-electron chi connectivity index (χ1n) is 8.92. The normalized spacial score (nSPS) is 16.4. The van der Waals surface area contributed by atoms with Gasteiger partial charge in [0.15, 0.2) is 11.7 Å². The lowest BCUT2D eigenvalue weighted by molar-refractivity contribution is 0.0627. The molecule has 1 aliphatic rings. The van der Waals surface area contributed by atoms with Crippen LogP contribution in [0.15, 0.2) is 45.2 Å². The predicted octanol–water partition coefficient (Wildman–Crippen LogP) is 5.43. The highest BCUT2D eigenvalue weighted by Crippen LogP contribution is 2.36. The van der Waals surface area contributed by atoms with E-state index in [4.69, 9.17) is 21.4 Å². The second kappa shape index (κ2) is 8.39. The highest BCUT2D eigenvalue weighted by molar-refractivity contribution is 7.99. The van der Waals surface area contributed by atoms with Crippen LogP contribution in [0.4, 0.5) is 4.39 Å². The van der Waals surface area contributed by atoms with Crippen molar-refractivity contribution in [3.63, 3.8) is 0 Å². The van der Waals surface area contributed by atoms with Gasteiger partial charge in [0, 0.05) is 9.75 Å². The van der Waals surface area contributed by atoms with Gasteiger partial charge >= 0.3 is 0 Å². The molecule has 9 heteroatoms. The number of thiophene rings is 1. The summed E-state index contributed by atoms with van der Waals surface area (Å²) in [5.41, 5.74) is 5.34. The zero-order chi connectivity index (χ0) is 20.5. The third-order valence-electron chi connectivity index (χ3n) is 4.57. The highest BCUT2D eigenvalue weighted by Gasteiger charge is 2.25. The summed E-state index contributed by atoms with van der Waals surface area (Å²) in [5.74, 6) is 0.0830.